The number of aliphatic imine (C=N–C) groups is 1. The smallest absolute Gasteiger partial charge is 0.454 e. The highest BCUT2D eigenvalue weighted by Gasteiger charge is 2.31. The number of carbonyl (C=O) groups is 1. The average Bonchev–Trinajstić information content (AvgIpc) is 3.74. The van der Waals surface area contributed by atoms with Crippen molar-refractivity contribution < 1.29 is 49.7 Å². The number of aryl methyl sites for hydroxylation is 1. The maximum atomic E-state index is 14.3. The molecular formula is C35H33F7N8O5S. The van der Waals surface area contributed by atoms with Crippen molar-refractivity contribution in [3.63, 3.8) is 0 Å². The molecule has 0 aliphatic rings. The second-order valence-corrected chi connectivity index (χ2v) is 13.1. The Morgan fingerprint density at radius 1 is 1.00 bits per heavy atom. The Hall–Kier alpha value is -5.99. The lowest BCUT2D eigenvalue weighted by Crippen LogP contribution is -2.36. The van der Waals surface area contributed by atoms with Crippen LogP contribution in [0.2, 0.25) is 0 Å². The molecule has 21 heteroatoms. The number of rotatable bonds is 11. The molecule has 0 spiro atoms. The molecule has 5 rings (SSSR count). The molecule has 3 aromatic carbocycles. The first kappa shape index (κ1) is 41.2. The third-order valence-corrected chi connectivity index (χ3v) is 8.76. The molecule has 298 valence electrons. The van der Waals surface area contributed by atoms with Crippen LogP contribution in [-0.2, 0) is 22.4 Å². The summed E-state index contributed by atoms with van der Waals surface area (Å²) in [6, 6.07) is 14.4. The Morgan fingerprint density at radius 2 is 1.70 bits per heavy atom. The quantitative estimate of drug-likeness (QED) is 0.0872. The van der Waals surface area contributed by atoms with Crippen LogP contribution >= 0.6 is 11.5 Å². The Bertz CT molecular complexity index is 2300. The van der Waals surface area contributed by atoms with Crippen molar-refractivity contribution in [1.82, 2.24) is 28.6 Å². The van der Waals surface area contributed by atoms with Crippen LogP contribution in [-0.4, -0.2) is 67.8 Å². The summed E-state index contributed by atoms with van der Waals surface area (Å²) < 4.78 is 110. The molecule has 56 heavy (non-hydrogen) atoms. The van der Waals surface area contributed by atoms with Crippen LogP contribution in [0, 0.1) is 5.82 Å². The molecule has 0 fully saturated rings. The molecule has 0 saturated heterocycles. The van der Waals surface area contributed by atoms with Crippen LogP contribution < -0.4 is 20.5 Å². The number of carbonyl (C=O) groups excluding carboxylic acids is 1. The number of halogens is 7. The van der Waals surface area contributed by atoms with E-state index in [1.165, 1.54) is 39.2 Å². The summed E-state index contributed by atoms with van der Waals surface area (Å²) >= 11 is 0.811. The van der Waals surface area contributed by atoms with Gasteiger partial charge in [-0.1, -0.05) is 38.1 Å². The van der Waals surface area contributed by atoms with Gasteiger partial charge in [-0.25, -0.2) is 37.2 Å². The normalized spacial score (nSPS) is 13.2. The molecular weight excluding hydrogens is 777 g/mol. The standard InChI is InChI=1S/C35H33F7N8O5S/c1-5-49-33(52)50(27-15-10-23(36)17-26(27)20(2)3)31(56-49)46-30(54-18-34(37,38)39)44-28(45-32(51)53-4)16-21-6-8-22(9-7-21)29-43-19-48(47-29)24-11-13-25(14-12-24)55-35(40,41)42/h6-15,17,19-20,28H,5,16,18H2,1-4H3,(H,45,51). The lowest BCUT2D eigenvalue weighted by molar-refractivity contribution is -0.274. The summed E-state index contributed by atoms with van der Waals surface area (Å²) in [6.07, 6.45) is -10.7. The molecule has 2 heterocycles. The van der Waals surface area contributed by atoms with Crippen molar-refractivity contribution in [2.24, 2.45) is 9.98 Å². The molecule has 1 atom stereocenters. The third-order valence-electron chi connectivity index (χ3n) is 7.69. The summed E-state index contributed by atoms with van der Waals surface area (Å²) in [7, 11) is 1.08. The van der Waals surface area contributed by atoms with Crippen LogP contribution in [0.1, 0.15) is 37.8 Å². The van der Waals surface area contributed by atoms with Gasteiger partial charge >= 0.3 is 30.3 Å². The van der Waals surface area contributed by atoms with E-state index in [-0.39, 0.29) is 35.2 Å². The minimum Gasteiger partial charge on any atom is -0.454 e. The molecule has 0 radical (unpaired) electrons. The predicted octanol–water partition coefficient (Wildman–Crippen LogP) is 6.89. The molecule has 0 aliphatic heterocycles. The Balaban J connectivity index is 1.48. The molecule has 2 aromatic heterocycles. The zero-order chi connectivity index (χ0) is 40.8. The monoisotopic (exact) mass is 810 g/mol. The summed E-state index contributed by atoms with van der Waals surface area (Å²) in [5.41, 5.74) is 1.55. The van der Waals surface area contributed by atoms with Gasteiger partial charge in [0, 0.05) is 18.5 Å². The van der Waals surface area contributed by atoms with Crippen molar-refractivity contribution in [1.29, 1.82) is 0 Å². The topological polar surface area (TPSA) is 139 Å². The van der Waals surface area contributed by atoms with Crippen molar-refractivity contribution in [2.75, 3.05) is 13.7 Å². The van der Waals surface area contributed by atoms with Crippen molar-refractivity contribution in [3.8, 4) is 28.5 Å². The van der Waals surface area contributed by atoms with E-state index < -0.39 is 54.7 Å². The molecule has 0 saturated carbocycles. The molecule has 5 aromatic rings. The number of hydrogen-bond donors (Lipinski definition) is 1. The van der Waals surface area contributed by atoms with Crippen molar-refractivity contribution in [3.05, 3.63) is 105 Å². The van der Waals surface area contributed by atoms with Gasteiger partial charge < -0.3 is 14.2 Å². The number of alkyl halides is 6. The van der Waals surface area contributed by atoms with Crippen molar-refractivity contribution in [2.45, 2.75) is 58.4 Å². The minimum atomic E-state index is -4.84. The number of methoxy groups -OCH3 is 1. The van der Waals surface area contributed by atoms with Gasteiger partial charge in [0.2, 0.25) is 4.80 Å². The first-order valence-corrected chi connectivity index (χ1v) is 17.4. The molecule has 13 nitrogen and oxygen atoms in total. The zero-order valence-electron chi connectivity index (χ0n) is 29.9. The molecule has 1 unspecified atom stereocenters. The Morgan fingerprint density at radius 3 is 2.30 bits per heavy atom. The number of alkyl carbamates (subject to hydrolysis) is 1. The largest absolute Gasteiger partial charge is 0.573 e. The molecule has 0 aliphatic carbocycles. The molecule has 1 N–H and O–H groups in total. The fourth-order valence-corrected chi connectivity index (χ4v) is 6.02. The van der Waals surface area contributed by atoms with Gasteiger partial charge in [0.15, 0.2) is 12.4 Å². The summed E-state index contributed by atoms with van der Waals surface area (Å²) in [5.74, 6) is -0.972. The van der Waals surface area contributed by atoms with E-state index in [1.54, 1.807) is 45.0 Å². The summed E-state index contributed by atoms with van der Waals surface area (Å²) in [6.45, 7) is 3.61. The summed E-state index contributed by atoms with van der Waals surface area (Å²) in [5, 5.41) is 6.80. The lowest BCUT2D eigenvalue weighted by atomic mass is 10.0. The Labute approximate surface area is 317 Å². The number of amidine groups is 1. The van der Waals surface area contributed by atoms with E-state index in [0.29, 0.717) is 22.4 Å². The van der Waals surface area contributed by atoms with Gasteiger partial charge in [0.25, 0.3) is 0 Å². The Kier molecular flexibility index (Phi) is 12.7. The number of aromatic nitrogens is 5. The van der Waals surface area contributed by atoms with Crippen molar-refractivity contribution >= 4 is 23.6 Å². The third kappa shape index (κ3) is 10.8. The van der Waals surface area contributed by atoms with E-state index in [0.717, 1.165) is 41.4 Å². The SMILES string of the molecule is CCn1sc(=NC(=NC(Cc2ccc(-c3ncn(-c4ccc(OC(F)(F)F)cc4)n3)cc2)NC(=O)OC)OCC(F)(F)F)n(-c2ccc(F)cc2C(C)C)c1=O. The highest BCUT2D eigenvalue weighted by Crippen LogP contribution is 2.25. The number of amides is 1. The van der Waals surface area contributed by atoms with E-state index >= 15 is 0 Å². The molecule has 0 bridgehead atoms. The predicted molar refractivity (Wildman–Crippen MR) is 189 cm³/mol. The van der Waals surface area contributed by atoms with Gasteiger partial charge in [0.1, 0.15) is 24.1 Å². The van der Waals surface area contributed by atoms with E-state index in [9.17, 15) is 40.3 Å². The van der Waals surface area contributed by atoms with Crippen LogP contribution in [0.4, 0.5) is 35.5 Å². The van der Waals surface area contributed by atoms with E-state index in [2.05, 4.69) is 30.1 Å². The number of ether oxygens (including phenoxy) is 3. The number of nitrogens with one attached hydrogen (secondary N) is 1. The van der Waals surface area contributed by atoms with Crippen LogP contribution in [0.3, 0.4) is 0 Å². The maximum Gasteiger partial charge on any atom is 0.573 e. The second kappa shape index (κ2) is 17.2. The fraction of sp³-hybridized carbons (Fsp3) is 0.314. The lowest BCUT2D eigenvalue weighted by Gasteiger charge is -2.16. The van der Waals surface area contributed by atoms with Gasteiger partial charge in [-0.3, -0.25) is 5.32 Å². The van der Waals surface area contributed by atoms with Gasteiger partial charge in [-0.05, 0) is 78.0 Å². The van der Waals surface area contributed by atoms with E-state index in [4.69, 9.17) is 9.47 Å². The minimum absolute atomic E-state index is 0.111. The summed E-state index contributed by atoms with van der Waals surface area (Å²) in [4.78, 5) is 38.4. The van der Waals surface area contributed by atoms with Crippen LogP contribution in [0.25, 0.3) is 22.8 Å². The highest BCUT2D eigenvalue weighted by atomic mass is 32.1. The highest BCUT2D eigenvalue weighted by molar-refractivity contribution is 7.03. The van der Waals surface area contributed by atoms with Crippen LogP contribution in [0.15, 0.2) is 87.8 Å². The number of benzene rings is 3. The average molecular weight is 811 g/mol. The van der Waals surface area contributed by atoms with Gasteiger partial charge in [0.05, 0.1) is 18.5 Å². The molecule has 1 amide bonds. The first-order chi connectivity index (χ1) is 26.4. The van der Waals surface area contributed by atoms with Gasteiger partial charge in [-0.2, -0.15) is 18.2 Å². The van der Waals surface area contributed by atoms with Gasteiger partial charge in [-0.15, -0.1) is 18.3 Å². The van der Waals surface area contributed by atoms with E-state index in [1.807, 2.05) is 0 Å². The first-order valence-electron chi connectivity index (χ1n) is 16.6. The fourth-order valence-electron chi connectivity index (χ4n) is 5.16. The van der Waals surface area contributed by atoms with Crippen LogP contribution in [0.5, 0.6) is 5.75 Å². The maximum absolute atomic E-state index is 14.3. The number of nitrogens with zero attached hydrogens (tertiary/aromatic N) is 7. The zero-order valence-corrected chi connectivity index (χ0v) is 30.7. The number of hydrogen-bond acceptors (Lipinski definition) is 9. The second-order valence-electron chi connectivity index (χ2n) is 12.1.